The maximum absolute atomic E-state index is 12.3. The smallest absolute Gasteiger partial charge is 0.180 e. The second-order valence-electron chi connectivity index (χ2n) is 5.96. The lowest BCUT2D eigenvalue weighted by molar-refractivity contribution is 0.165. The van der Waals surface area contributed by atoms with Crippen molar-refractivity contribution in [3.63, 3.8) is 0 Å². The Labute approximate surface area is 125 Å². The summed E-state index contributed by atoms with van der Waals surface area (Å²) in [5.74, 6) is 0.821. The van der Waals surface area contributed by atoms with E-state index in [1.807, 2.05) is 0 Å². The minimum atomic E-state index is -3.45. The molecule has 5 nitrogen and oxygen atoms in total. The zero-order chi connectivity index (χ0) is 15.1. The average Bonchev–Trinajstić information content (AvgIpc) is 2.45. The van der Waals surface area contributed by atoms with Gasteiger partial charge in [0.1, 0.15) is 18.1 Å². The Morgan fingerprint density at radius 2 is 1.76 bits per heavy atom. The number of hydrogen-bond acceptors (Lipinski definition) is 5. The third-order valence-corrected chi connectivity index (χ3v) is 5.46. The van der Waals surface area contributed by atoms with Crippen molar-refractivity contribution >= 4 is 9.84 Å². The lowest BCUT2D eigenvalue weighted by Crippen LogP contribution is -2.40. The van der Waals surface area contributed by atoms with E-state index < -0.39 is 15.4 Å². The summed E-state index contributed by atoms with van der Waals surface area (Å²) in [6, 6.07) is 3.58. The van der Waals surface area contributed by atoms with Crippen molar-refractivity contribution in [2.45, 2.75) is 42.5 Å². The van der Waals surface area contributed by atoms with Crippen molar-refractivity contribution in [3.8, 4) is 11.5 Å². The fourth-order valence-corrected chi connectivity index (χ4v) is 4.47. The molecule has 0 saturated heterocycles. The van der Waals surface area contributed by atoms with Gasteiger partial charge in [0.05, 0.1) is 0 Å². The molecule has 0 spiro atoms. The number of sulfone groups is 1. The van der Waals surface area contributed by atoms with Gasteiger partial charge in [-0.05, 0) is 24.5 Å². The van der Waals surface area contributed by atoms with Gasteiger partial charge in [0.25, 0.3) is 0 Å². The Kier molecular flexibility index (Phi) is 3.61. The van der Waals surface area contributed by atoms with Gasteiger partial charge in [0.15, 0.2) is 21.3 Å². The van der Waals surface area contributed by atoms with Crippen LogP contribution in [0.4, 0.5) is 0 Å². The monoisotopic (exact) mass is 311 g/mol. The van der Waals surface area contributed by atoms with Crippen LogP contribution < -0.4 is 15.2 Å². The summed E-state index contributed by atoms with van der Waals surface area (Å²) in [6.07, 6.45) is 6.00. The van der Waals surface area contributed by atoms with Crippen LogP contribution in [0.5, 0.6) is 11.5 Å². The van der Waals surface area contributed by atoms with E-state index in [0.29, 0.717) is 30.3 Å². The second kappa shape index (κ2) is 5.18. The van der Waals surface area contributed by atoms with E-state index in [1.54, 1.807) is 12.1 Å². The van der Waals surface area contributed by atoms with Gasteiger partial charge in [-0.1, -0.05) is 25.3 Å². The van der Waals surface area contributed by atoms with Crippen LogP contribution in [-0.4, -0.2) is 27.9 Å². The third-order valence-electron chi connectivity index (χ3n) is 4.32. The first-order valence-corrected chi connectivity index (χ1v) is 9.23. The Hall–Kier alpha value is -1.27. The summed E-state index contributed by atoms with van der Waals surface area (Å²) in [4.78, 5) is 0.212. The molecule has 21 heavy (non-hydrogen) atoms. The molecule has 1 aromatic carbocycles. The Morgan fingerprint density at radius 1 is 1.10 bits per heavy atom. The molecule has 1 aliphatic heterocycles. The molecule has 3 rings (SSSR count). The zero-order valence-corrected chi connectivity index (χ0v) is 13.0. The highest BCUT2D eigenvalue weighted by molar-refractivity contribution is 7.90. The van der Waals surface area contributed by atoms with Gasteiger partial charge in [-0.3, -0.25) is 0 Å². The number of nitrogens with two attached hydrogens (primary N) is 1. The predicted molar refractivity (Wildman–Crippen MR) is 79.5 cm³/mol. The van der Waals surface area contributed by atoms with Gasteiger partial charge in [-0.15, -0.1) is 0 Å². The zero-order valence-electron chi connectivity index (χ0n) is 12.2. The first kappa shape index (κ1) is 14.7. The molecule has 0 atom stereocenters. The molecule has 2 N–H and O–H groups in total. The molecule has 0 aromatic heterocycles. The summed E-state index contributed by atoms with van der Waals surface area (Å²) in [5, 5.41) is 0. The summed E-state index contributed by atoms with van der Waals surface area (Å²) < 4.78 is 35.7. The van der Waals surface area contributed by atoms with Crippen molar-refractivity contribution in [2.24, 2.45) is 5.73 Å². The van der Waals surface area contributed by atoms with Crippen molar-refractivity contribution in [3.05, 3.63) is 17.7 Å². The lowest BCUT2D eigenvalue weighted by Gasteiger charge is -2.36. The molecule has 1 aromatic rings. The van der Waals surface area contributed by atoms with Crippen LogP contribution in [-0.2, 0) is 15.4 Å². The predicted octanol–water partition coefficient (Wildman–Crippen LogP) is 1.98. The molecular formula is C15H21NO4S. The molecule has 2 aliphatic rings. The van der Waals surface area contributed by atoms with E-state index in [9.17, 15) is 8.42 Å². The second-order valence-corrected chi connectivity index (χ2v) is 7.91. The van der Waals surface area contributed by atoms with Crippen LogP contribution in [0.1, 0.15) is 37.7 Å². The molecule has 0 amide bonds. The number of rotatable bonds is 2. The number of ether oxygens (including phenoxy) is 2. The number of fused-ring (bicyclic) bond motifs is 1. The van der Waals surface area contributed by atoms with Crippen molar-refractivity contribution < 1.29 is 17.9 Å². The molecule has 0 radical (unpaired) electrons. The Morgan fingerprint density at radius 3 is 2.43 bits per heavy atom. The number of benzene rings is 1. The van der Waals surface area contributed by atoms with Crippen LogP contribution in [0.2, 0.25) is 0 Å². The van der Waals surface area contributed by atoms with E-state index in [2.05, 4.69) is 0 Å². The average molecular weight is 311 g/mol. The van der Waals surface area contributed by atoms with Crippen molar-refractivity contribution in [1.29, 1.82) is 0 Å². The first-order chi connectivity index (χ1) is 9.92. The minimum Gasteiger partial charge on any atom is -0.486 e. The molecule has 1 aliphatic carbocycles. The van der Waals surface area contributed by atoms with E-state index in [4.69, 9.17) is 15.2 Å². The molecule has 0 bridgehead atoms. The quantitative estimate of drug-likeness (QED) is 0.903. The highest BCUT2D eigenvalue weighted by Gasteiger charge is 2.37. The Balaban J connectivity index is 2.21. The van der Waals surface area contributed by atoms with Gasteiger partial charge >= 0.3 is 0 Å². The summed E-state index contributed by atoms with van der Waals surface area (Å²) in [7, 11) is -3.45. The molecule has 1 saturated carbocycles. The molecule has 0 unspecified atom stereocenters. The first-order valence-electron chi connectivity index (χ1n) is 7.34. The maximum atomic E-state index is 12.3. The van der Waals surface area contributed by atoms with Crippen LogP contribution in [0, 0.1) is 0 Å². The molecule has 6 heteroatoms. The van der Waals surface area contributed by atoms with Gasteiger partial charge in [0.2, 0.25) is 0 Å². The van der Waals surface area contributed by atoms with Crippen molar-refractivity contribution in [1.82, 2.24) is 0 Å². The highest BCUT2D eigenvalue weighted by Crippen LogP contribution is 2.45. The van der Waals surface area contributed by atoms with Gasteiger partial charge in [-0.25, -0.2) is 8.42 Å². The van der Waals surface area contributed by atoms with E-state index >= 15 is 0 Å². The Bertz CT molecular complexity index is 648. The van der Waals surface area contributed by atoms with Crippen LogP contribution in [0.3, 0.4) is 0 Å². The fraction of sp³-hybridized carbons (Fsp3) is 0.600. The largest absolute Gasteiger partial charge is 0.486 e. The van der Waals surface area contributed by atoms with E-state index in [0.717, 1.165) is 32.1 Å². The summed E-state index contributed by atoms with van der Waals surface area (Å²) >= 11 is 0. The molecule has 1 fully saturated rings. The van der Waals surface area contributed by atoms with Crippen molar-refractivity contribution in [2.75, 3.05) is 19.5 Å². The standard InChI is InChI=1S/C15H21NO4S/c1-21(17,18)14-11(15(16)7-3-2-4-8-15)5-6-12-13(14)20-10-9-19-12/h5-6H,2-4,7-10,16H2,1H3. The normalized spacial score (nSPS) is 21.0. The topological polar surface area (TPSA) is 78.6 Å². The van der Waals surface area contributed by atoms with Gasteiger partial charge in [-0.2, -0.15) is 0 Å². The van der Waals surface area contributed by atoms with Gasteiger partial charge in [0, 0.05) is 11.8 Å². The molecule has 1 heterocycles. The van der Waals surface area contributed by atoms with E-state index in [1.165, 1.54) is 6.26 Å². The van der Waals surface area contributed by atoms with Crippen LogP contribution in [0.25, 0.3) is 0 Å². The summed E-state index contributed by atoms with van der Waals surface area (Å²) in [6.45, 7) is 0.792. The van der Waals surface area contributed by atoms with Gasteiger partial charge < -0.3 is 15.2 Å². The highest BCUT2D eigenvalue weighted by atomic mass is 32.2. The minimum absolute atomic E-state index is 0.212. The lowest BCUT2D eigenvalue weighted by atomic mass is 9.77. The fourth-order valence-electron chi connectivity index (χ4n) is 3.30. The molecule has 116 valence electrons. The third kappa shape index (κ3) is 2.62. The van der Waals surface area contributed by atoms with E-state index in [-0.39, 0.29) is 4.90 Å². The maximum Gasteiger partial charge on any atom is 0.180 e. The van der Waals surface area contributed by atoms with Crippen LogP contribution >= 0.6 is 0 Å². The SMILES string of the molecule is CS(=O)(=O)c1c(C2(N)CCCCC2)ccc2c1OCCO2. The summed E-state index contributed by atoms with van der Waals surface area (Å²) in [5.41, 5.74) is 6.63. The number of hydrogen-bond donors (Lipinski definition) is 1. The van der Waals surface area contributed by atoms with Crippen LogP contribution in [0.15, 0.2) is 17.0 Å². The molecular weight excluding hydrogens is 290 g/mol.